The molecule has 0 atom stereocenters. The average molecular weight is 225 g/mol. The highest BCUT2D eigenvalue weighted by atomic mass is 16.6. The summed E-state index contributed by atoms with van der Waals surface area (Å²) in [5.74, 6) is 0.469. The molecule has 0 saturated heterocycles. The molecule has 0 aliphatic rings. The smallest absolute Gasteiger partial charge is 0.274 e. The van der Waals surface area contributed by atoms with Crippen LogP contribution in [0.1, 0.15) is 13.8 Å². The molecule has 1 N–H and O–H groups in total. The van der Waals surface area contributed by atoms with Gasteiger partial charge in [-0.05, 0) is 13.8 Å². The summed E-state index contributed by atoms with van der Waals surface area (Å²) in [4.78, 5) is 14.1. The van der Waals surface area contributed by atoms with Crippen LogP contribution in [0.2, 0.25) is 0 Å². The third-order valence-electron chi connectivity index (χ3n) is 1.93. The lowest BCUT2D eigenvalue weighted by molar-refractivity contribution is -0.384. The minimum absolute atomic E-state index is 0.0192. The highest BCUT2D eigenvalue weighted by Gasteiger charge is 2.18. The lowest BCUT2D eigenvalue weighted by Crippen LogP contribution is -2.36. The molecule has 0 aromatic carbocycles. The van der Waals surface area contributed by atoms with Crippen molar-refractivity contribution < 1.29 is 9.66 Å². The zero-order chi connectivity index (χ0) is 12.2. The van der Waals surface area contributed by atoms with E-state index in [1.807, 2.05) is 13.8 Å². The Bertz CT molecular complexity index is 379. The number of nitrogens with one attached hydrogen (secondary N) is 1. The van der Waals surface area contributed by atoms with Gasteiger partial charge in [0.2, 0.25) is 0 Å². The lowest BCUT2D eigenvalue weighted by Gasteiger charge is -2.25. The summed E-state index contributed by atoms with van der Waals surface area (Å²) in [7, 11) is 1.60. The third-order valence-corrected chi connectivity index (χ3v) is 1.93. The molecule has 0 unspecified atom stereocenters. The summed E-state index contributed by atoms with van der Waals surface area (Å²) < 4.78 is 5.03. The first-order chi connectivity index (χ1) is 7.44. The lowest BCUT2D eigenvalue weighted by atomic mass is 10.1. The van der Waals surface area contributed by atoms with E-state index in [-0.39, 0.29) is 11.2 Å². The Balaban J connectivity index is 2.81. The number of anilines is 1. The van der Waals surface area contributed by atoms with Crippen LogP contribution < -0.4 is 5.32 Å². The molecule has 0 spiro atoms. The minimum Gasteiger partial charge on any atom is -0.382 e. The summed E-state index contributed by atoms with van der Waals surface area (Å²) in [6.07, 6.45) is 1.41. The molecule has 1 rings (SSSR count). The van der Waals surface area contributed by atoms with Crippen molar-refractivity contribution in [3.63, 3.8) is 0 Å². The number of ether oxygens (including phenoxy) is 1. The molecule has 16 heavy (non-hydrogen) atoms. The fourth-order valence-electron chi connectivity index (χ4n) is 1.34. The Morgan fingerprint density at radius 2 is 2.31 bits per heavy atom. The molecular weight excluding hydrogens is 210 g/mol. The van der Waals surface area contributed by atoms with Crippen LogP contribution in [-0.2, 0) is 4.74 Å². The summed E-state index contributed by atoms with van der Waals surface area (Å²) in [6, 6.07) is 2.76. The molecule has 1 heterocycles. The number of pyridine rings is 1. The summed E-state index contributed by atoms with van der Waals surface area (Å²) >= 11 is 0. The van der Waals surface area contributed by atoms with Gasteiger partial charge in [-0.2, -0.15) is 0 Å². The van der Waals surface area contributed by atoms with Gasteiger partial charge in [-0.25, -0.2) is 4.98 Å². The number of rotatable bonds is 5. The predicted molar refractivity (Wildman–Crippen MR) is 60.5 cm³/mol. The molecule has 0 bridgehead atoms. The first-order valence-corrected chi connectivity index (χ1v) is 4.82. The Morgan fingerprint density at radius 1 is 1.62 bits per heavy atom. The van der Waals surface area contributed by atoms with Crippen molar-refractivity contribution in [1.29, 1.82) is 0 Å². The van der Waals surface area contributed by atoms with Crippen molar-refractivity contribution in [3.05, 3.63) is 28.4 Å². The fraction of sp³-hybridized carbons (Fsp3) is 0.500. The Kier molecular flexibility index (Phi) is 3.78. The van der Waals surface area contributed by atoms with Gasteiger partial charge in [-0.3, -0.25) is 10.1 Å². The van der Waals surface area contributed by atoms with Gasteiger partial charge in [0.15, 0.2) is 0 Å². The summed E-state index contributed by atoms with van der Waals surface area (Å²) in [5, 5.41) is 13.6. The number of nitrogens with zero attached hydrogens (tertiary/aromatic N) is 2. The zero-order valence-corrected chi connectivity index (χ0v) is 9.56. The standard InChI is InChI=1S/C10H15N3O3/c1-10(2,7-16-3)12-9-6-8(13(14)15)4-5-11-9/h4-6H,7H2,1-3H3,(H,11,12). The van der Waals surface area contributed by atoms with Gasteiger partial charge in [-0.15, -0.1) is 0 Å². The van der Waals surface area contributed by atoms with E-state index in [4.69, 9.17) is 4.74 Å². The second kappa shape index (κ2) is 4.89. The normalized spacial score (nSPS) is 11.2. The molecule has 6 nitrogen and oxygen atoms in total. The fourth-order valence-corrected chi connectivity index (χ4v) is 1.34. The van der Waals surface area contributed by atoms with Gasteiger partial charge in [0, 0.05) is 19.4 Å². The summed E-state index contributed by atoms with van der Waals surface area (Å²) in [6.45, 7) is 4.34. The van der Waals surface area contributed by atoms with E-state index >= 15 is 0 Å². The molecule has 0 fully saturated rings. The van der Waals surface area contributed by atoms with Crippen molar-refractivity contribution in [2.24, 2.45) is 0 Å². The maximum atomic E-state index is 10.6. The Morgan fingerprint density at radius 3 is 2.88 bits per heavy atom. The quantitative estimate of drug-likeness (QED) is 0.611. The van der Waals surface area contributed by atoms with Gasteiger partial charge < -0.3 is 10.1 Å². The molecule has 6 heteroatoms. The van der Waals surface area contributed by atoms with Crippen molar-refractivity contribution in [2.75, 3.05) is 19.0 Å². The van der Waals surface area contributed by atoms with E-state index in [1.165, 1.54) is 18.3 Å². The van der Waals surface area contributed by atoms with Gasteiger partial charge in [0.1, 0.15) is 5.82 Å². The van der Waals surface area contributed by atoms with Gasteiger partial charge in [-0.1, -0.05) is 0 Å². The van der Waals surface area contributed by atoms with Crippen LogP contribution in [-0.4, -0.2) is 29.2 Å². The van der Waals surface area contributed by atoms with E-state index in [0.29, 0.717) is 12.4 Å². The summed E-state index contributed by atoms with van der Waals surface area (Å²) in [5.41, 5.74) is -0.303. The third kappa shape index (κ3) is 3.47. The van der Waals surface area contributed by atoms with Crippen LogP contribution in [0, 0.1) is 10.1 Å². The molecule has 0 saturated carbocycles. The highest BCUT2D eigenvalue weighted by molar-refractivity contribution is 5.45. The van der Waals surface area contributed by atoms with E-state index < -0.39 is 4.92 Å². The molecule has 0 radical (unpaired) electrons. The topological polar surface area (TPSA) is 77.3 Å². The number of hydrogen-bond acceptors (Lipinski definition) is 5. The number of aromatic nitrogens is 1. The van der Waals surface area contributed by atoms with Crippen LogP contribution in [0.4, 0.5) is 11.5 Å². The van der Waals surface area contributed by atoms with Crippen molar-refractivity contribution in [2.45, 2.75) is 19.4 Å². The van der Waals surface area contributed by atoms with Crippen LogP contribution >= 0.6 is 0 Å². The first-order valence-electron chi connectivity index (χ1n) is 4.82. The maximum Gasteiger partial charge on any atom is 0.274 e. The Labute approximate surface area is 93.8 Å². The first kappa shape index (κ1) is 12.4. The van der Waals surface area contributed by atoms with Gasteiger partial charge in [0.05, 0.1) is 23.1 Å². The maximum absolute atomic E-state index is 10.6. The van der Waals surface area contributed by atoms with Crippen molar-refractivity contribution in [3.8, 4) is 0 Å². The molecular formula is C10H15N3O3. The molecule has 1 aromatic rings. The minimum atomic E-state index is -0.448. The molecule has 0 aliphatic heterocycles. The molecule has 0 amide bonds. The van der Waals surface area contributed by atoms with Crippen LogP contribution in [0.25, 0.3) is 0 Å². The van der Waals surface area contributed by atoms with Gasteiger partial charge >= 0.3 is 0 Å². The second-order valence-electron chi connectivity index (χ2n) is 4.10. The van der Waals surface area contributed by atoms with E-state index in [2.05, 4.69) is 10.3 Å². The average Bonchev–Trinajstić information content (AvgIpc) is 2.17. The van der Waals surface area contributed by atoms with Crippen LogP contribution in [0.15, 0.2) is 18.3 Å². The van der Waals surface area contributed by atoms with Crippen molar-refractivity contribution >= 4 is 11.5 Å². The number of hydrogen-bond donors (Lipinski definition) is 1. The van der Waals surface area contributed by atoms with E-state index in [0.717, 1.165) is 0 Å². The molecule has 1 aromatic heterocycles. The zero-order valence-electron chi connectivity index (χ0n) is 9.56. The monoisotopic (exact) mass is 225 g/mol. The van der Waals surface area contributed by atoms with E-state index in [1.54, 1.807) is 7.11 Å². The SMILES string of the molecule is COCC(C)(C)Nc1cc([N+](=O)[O-])ccn1. The Hall–Kier alpha value is -1.69. The van der Waals surface area contributed by atoms with Crippen molar-refractivity contribution in [1.82, 2.24) is 4.98 Å². The predicted octanol–water partition coefficient (Wildman–Crippen LogP) is 1.83. The molecule has 0 aliphatic carbocycles. The largest absolute Gasteiger partial charge is 0.382 e. The van der Waals surface area contributed by atoms with Crippen LogP contribution in [0.3, 0.4) is 0 Å². The number of methoxy groups -OCH3 is 1. The van der Waals surface area contributed by atoms with E-state index in [9.17, 15) is 10.1 Å². The second-order valence-corrected chi connectivity index (χ2v) is 4.10. The highest BCUT2D eigenvalue weighted by Crippen LogP contribution is 2.18. The number of nitro groups is 1. The molecule has 88 valence electrons. The van der Waals surface area contributed by atoms with Gasteiger partial charge in [0.25, 0.3) is 5.69 Å². The van der Waals surface area contributed by atoms with Crippen LogP contribution in [0.5, 0.6) is 0 Å².